The third-order valence-electron chi connectivity index (χ3n) is 6.82. The van der Waals surface area contributed by atoms with E-state index < -0.39 is 47.7 Å². The molecule has 12 nitrogen and oxygen atoms in total. The minimum Gasteiger partial charge on any atom is -0.444 e. The van der Waals surface area contributed by atoms with Crippen LogP contribution in [0.25, 0.3) is 22.8 Å². The highest BCUT2D eigenvalue weighted by molar-refractivity contribution is 5.98. The van der Waals surface area contributed by atoms with E-state index in [0.717, 1.165) is 16.3 Å². The van der Waals surface area contributed by atoms with E-state index in [1.54, 1.807) is 62.4 Å². The van der Waals surface area contributed by atoms with Crippen LogP contribution in [0, 0.1) is 11.7 Å². The molecule has 2 aromatic heterocycles. The standard InChI is InChI=1S/C33H29FN6O6/c1-20(2)27(28(42)31-39-38-30(46-31)23-11-7-4-8-12-23)37-26(41)18-40-29(22-13-15-24(34)16-14-22)35-17-25(32(40)43)36-33(44)45-19-21-9-5-3-6-10-21/h3-17,20,27H,18-19H2,1-2H3,(H,36,44)(H,37,41)/t27-/m0/s1. The van der Waals surface area contributed by atoms with Crippen LogP contribution >= 0.6 is 0 Å². The number of hydrogen-bond donors (Lipinski definition) is 2. The maximum atomic E-state index is 13.7. The molecule has 0 saturated heterocycles. The molecular weight excluding hydrogens is 595 g/mol. The maximum absolute atomic E-state index is 13.7. The van der Waals surface area contributed by atoms with Gasteiger partial charge in [-0.25, -0.2) is 14.2 Å². The number of carbonyl (C=O) groups is 3. The number of amides is 2. The van der Waals surface area contributed by atoms with Crippen molar-refractivity contribution < 1.29 is 27.9 Å². The largest absolute Gasteiger partial charge is 0.444 e. The number of hydrogen-bond acceptors (Lipinski definition) is 9. The zero-order chi connectivity index (χ0) is 32.6. The lowest BCUT2D eigenvalue weighted by Crippen LogP contribution is -2.46. The van der Waals surface area contributed by atoms with Crippen LogP contribution in [0.5, 0.6) is 0 Å². The van der Waals surface area contributed by atoms with E-state index in [9.17, 15) is 23.6 Å². The van der Waals surface area contributed by atoms with Crippen molar-refractivity contribution in [3.8, 4) is 22.8 Å². The number of carbonyl (C=O) groups excluding carboxylic acids is 3. The number of nitrogens with zero attached hydrogens (tertiary/aromatic N) is 4. The number of Topliss-reactive ketones (excluding diaryl/α,β-unsaturated/α-hetero) is 1. The molecule has 3 aromatic carbocycles. The highest BCUT2D eigenvalue weighted by atomic mass is 19.1. The van der Waals surface area contributed by atoms with Gasteiger partial charge in [-0.3, -0.25) is 24.3 Å². The number of rotatable bonds is 11. The smallest absolute Gasteiger partial charge is 0.412 e. The van der Waals surface area contributed by atoms with E-state index in [2.05, 4.69) is 25.8 Å². The number of nitrogens with one attached hydrogen (secondary N) is 2. The van der Waals surface area contributed by atoms with Gasteiger partial charge in [0.2, 0.25) is 17.6 Å². The van der Waals surface area contributed by atoms with Gasteiger partial charge in [0.25, 0.3) is 11.4 Å². The fourth-order valence-electron chi connectivity index (χ4n) is 4.47. The fraction of sp³-hybridized carbons (Fsp3) is 0.182. The molecule has 0 unspecified atom stereocenters. The Hall–Kier alpha value is -5.98. The molecule has 5 rings (SSSR count). The number of ether oxygens (including phenoxy) is 1. The number of benzene rings is 3. The van der Waals surface area contributed by atoms with Gasteiger partial charge in [-0.15, -0.1) is 10.2 Å². The third-order valence-corrected chi connectivity index (χ3v) is 6.82. The number of anilines is 1. The van der Waals surface area contributed by atoms with E-state index in [4.69, 9.17) is 9.15 Å². The van der Waals surface area contributed by atoms with Gasteiger partial charge in [-0.2, -0.15) is 0 Å². The highest BCUT2D eigenvalue weighted by Crippen LogP contribution is 2.20. The zero-order valence-corrected chi connectivity index (χ0v) is 24.8. The Balaban J connectivity index is 1.37. The third kappa shape index (κ3) is 7.56. The van der Waals surface area contributed by atoms with Crippen molar-refractivity contribution in [3.63, 3.8) is 0 Å². The predicted octanol–water partition coefficient (Wildman–Crippen LogP) is 4.87. The molecule has 2 amide bonds. The summed E-state index contributed by atoms with van der Waals surface area (Å²) in [6, 6.07) is 21.9. The Labute approximate surface area is 262 Å². The molecule has 0 bridgehead atoms. The summed E-state index contributed by atoms with van der Waals surface area (Å²) in [7, 11) is 0. The second kappa shape index (κ2) is 14.2. The van der Waals surface area contributed by atoms with Gasteiger partial charge in [0.05, 0.1) is 12.2 Å². The molecular formula is C33H29FN6O6. The van der Waals surface area contributed by atoms with Gasteiger partial charge >= 0.3 is 6.09 Å². The number of aromatic nitrogens is 4. The molecule has 1 atom stereocenters. The lowest BCUT2D eigenvalue weighted by molar-refractivity contribution is -0.122. The first-order chi connectivity index (χ1) is 22.2. The zero-order valence-electron chi connectivity index (χ0n) is 24.8. The lowest BCUT2D eigenvalue weighted by atomic mass is 9.99. The average molecular weight is 625 g/mol. The monoisotopic (exact) mass is 624 g/mol. The summed E-state index contributed by atoms with van der Waals surface area (Å²) < 4.78 is 25.5. The highest BCUT2D eigenvalue weighted by Gasteiger charge is 2.30. The molecule has 0 aliphatic carbocycles. The van der Waals surface area contributed by atoms with Crippen LogP contribution in [0.2, 0.25) is 0 Å². The summed E-state index contributed by atoms with van der Waals surface area (Å²) in [4.78, 5) is 57.1. The van der Waals surface area contributed by atoms with Crippen LogP contribution in [0.1, 0.15) is 30.1 Å². The molecule has 5 aromatic rings. The molecule has 0 aliphatic rings. The summed E-state index contributed by atoms with van der Waals surface area (Å²) in [6.07, 6.45) is 0.215. The average Bonchev–Trinajstić information content (AvgIpc) is 3.56. The molecule has 234 valence electrons. The Morgan fingerprint density at radius 2 is 1.59 bits per heavy atom. The number of ketones is 1. The summed E-state index contributed by atoms with van der Waals surface area (Å²) in [5.41, 5.74) is 0.658. The van der Waals surface area contributed by atoms with Gasteiger partial charge in [0.1, 0.15) is 30.5 Å². The van der Waals surface area contributed by atoms with Gasteiger partial charge in [0, 0.05) is 11.1 Å². The van der Waals surface area contributed by atoms with Crippen molar-refractivity contribution in [1.29, 1.82) is 0 Å². The van der Waals surface area contributed by atoms with Crippen molar-refractivity contribution in [2.24, 2.45) is 5.92 Å². The minimum absolute atomic E-state index is 0.0279. The van der Waals surface area contributed by atoms with Gasteiger partial charge < -0.3 is 14.5 Å². The Morgan fingerprint density at radius 3 is 2.26 bits per heavy atom. The summed E-state index contributed by atoms with van der Waals surface area (Å²) in [6.45, 7) is 2.81. The summed E-state index contributed by atoms with van der Waals surface area (Å²) in [5, 5.41) is 12.8. The quantitative estimate of drug-likeness (QED) is 0.196. The first-order valence-corrected chi connectivity index (χ1v) is 14.3. The Kier molecular flexibility index (Phi) is 9.71. The topological polar surface area (TPSA) is 158 Å². The molecule has 0 aliphatic heterocycles. The van der Waals surface area contributed by atoms with Crippen LogP contribution in [0.3, 0.4) is 0 Å². The molecule has 2 heterocycles. The normalized spacial score (nSPS) is 11.6. The fourth-order valence-corrected chi connectivity index (χ4v) is 4.47. The van der Waals surface area contributed by atoms with Crippen molar-refractivity contribution >= 4 is 23.5 Å². The summed E-state index contributed by atoms with van der Waals surface area (Å²) >= 11 is 0. The van der Waals surface area contributed by atoms with E-state index in [-0.39, 0.29) is 29.9 Å². The second-order valence-electron chi connectivity index (χ2n) is 10.5. The van der Waals surface area contributed by atoms with Crippen molar-refractivity contribution in [2.45, 2.75) is 33.0 Å². The predicted molar refractivity (Wildman–Crippen MR) is 165 cm³/mol. The molecule has 2 N–H and O–H groups in total. The Morgan fingerprint density at radius 1 is 0.913 bits per heavy atom. The van der Waals surface area contributed by atoms with E-state index >= 15 is 0 Å². The Bertz CT molecular complexity index is 1890. The lowest BCUT2D eigenvalue weighted by Gasteiger charge is -2.20. The first-order valence-electron chi connectivity index (χ1n) is 14.3. The SMILES string of the molecule is CC(C)[C@H](NC(=O)Cn1c(-c2ccc(F)cc2)ncc(NC(=O)OCc2ccccc2)c1=O)C(=O)c1nnc(-c2ccccc2)o1. The molecule has 0 radical (unpaired) electrons. The first kappa shape index (κ1) is 31.4. The van der Waals surface area contributed by atoms with E-state index in [1.165, 1.54) is 24.3 Å². The molecule has 0 saturated carbocycles. The molecule has 46 heavy (non-hydrogen) atoms. The van der Waals surface area contributed by atoms with Crippen molar-refractivity contribution in [3.05, 3.63) is 119 Å². The second-order valence-corrected chi connectivity index (χ2v) is 10.5. The van der Waals surface area contributed by atoms with E-state index in [0.29, 0.717) is 11.1 Å². The van der Waals surface area contributed by atoms with Crippen molar-refractivity contribution in [2.75, 3.05) is 5.32 Å². The molecule has 0 spiro atoms. The van der Waals surface area contributed by atoms with Gasteiger partial charge in [0.15, 0.2) is 0 Å². The van der Waals surface area contributed by atoms with Crippen molar-refractivity contribution in [1.82, 2.24) is 25.1 Å². The summed E-state index contributed by atoms with van der Waals surface area (Å²) in [5.74, 6) is -2.35. The van der Waals surface area contributed by atoms with Gasteiger partial charge in [-0.05, 0) is 47.9 Å². The molecule has 0 fully saturated rings. The van der Waals surface area contributed by atoms with Gasteiger partial charge in [-0.1, -0.05) is 62.4 Å². The van der Waals surface area contributed by atoms with Crippen LogP contribution < -0.4 is 16.2 Å². The van der Waals surface area contributed by atoms with Crippen LogP contribution in [-0.4, -0.2) is 43.6 Å². The van der Waals surface area contributed by atoms with Crippen LogP contribution in [-0.2, 0) is 22.7 Å². The maximum Gasteiger partial charge on any atom is 0.412 e. The van der Waals surface area contributed by atoms with E-state index in [1.807, 2.05) is 12.1 Å². The number of halogens is 1. The van der Waals surface area contributed by atoms with Crippen LogP contribution in [0.4, 0.5) is 14.9 Å². The van der Waals surface area contributed by atoms with Crippen LogP contribution in [0.15, 0.2) is 100 Å². The molecule has 13 heteroatoms. The minimum atomic E-state index is -1.08.